The largest absolute Gasteiger partial charge is 0.481 e. The molecule has 1 atom stereocenters. The standard InChI is InChI=1S/C19H31N3O3/c23-18(24)13-16(10-6-9-15-7-2-1-3-8-15)19-20-17(21-25-19)14-22-11-4-5-12-22/h15-16H,1-14H2,(H,23,24)/t16-/m1/s1. The maximum Gasteiger partial charge on any atom is 0.304 e. The predicted molar refractivity (Wildman–Crippen MR) is 94.2 cm³/mol. The zero-order valence-corrected chi connectivity index (χ0v) is 15.2. The Hall–Kier alpha value is -1.43. The molecule has 1 N–H and O–H groups in total. The lowest BCUT2D eigenvalue weighted by atomic mass is 9.84. The number of rotatable bonds is 9. The van der Waals surface area contributed by atoms with Crippen LogP contribution < -0.4 is 0 Å². The number of aliphatic carboxylic acids is 1. The zero-order chi connectivity index (χ0) is 17.5. The van der Waals surface area contributed by atoms with Crippen LogP contribution in [0.4, 0.5) is 0 Å². The molecule has 1 aromatic rings. The van der Waals surface area contributed by atoms with Crippen LogP contribution >= 0.6 is 0 Å². The molecule has 1 aromatic heterocycles. The maximum absolute atomic E-state index is 11.2. The van der Waals surface area contributed by atoms with Crippen LogP contribution in [0, 0.1) is 5.92 Å². The first-order valence-corrected chi connectivity index (χ1v) is 9.97. The predicted octanol–water partition coefficient (Wildman–Crippen LogP) is 3.97. The average Bonchev–Trinajstić information content (AvgIpc) is 3.27. The van der Waals surface area contributed by atoms with E-state index in [1.165, 1.54) is 51.4 Å². The second kappa shape index (κ2) is 9.32. The minimum atomic E-state index is -0.790. The van der Waals surface area contributed by atoms with Crippen molar-refractivity contribution in [3.05, 3.63) is 11.7 Å². The molecule has 2 heterocycles. The minimum Gasteiger partial charge on any atom is -0.481 e. The van der Waals surface area contributed by atoms with Crippen LogP contribution in [0.1, 0.15) is 88.3 Å². The van der Waals surface area contributed by atoms with Gasteiger partial charge in [-0.3, -0.25) is 9.69 Å². The van der Waals surface area contributed by atoms with E-state index in [4.69, 9.17) is 4.52 Å². The van der Waals surface area contributed by atoms with Gasteiger partial charge in [0.2, 0.25) is 5.89 Å². The fraction of sp³-hybridized carbons (Fsp3) is 0.842. The van der Waals surface area contributed by atoms with Gasteiger partial charge in [-0.05, 0) is 38.3 Å². The Morgan fingerprint density at radius 2 is 1.96 bits per heavy atom. The molecule has 0 spiro atoms. The highest BCUT2D eigenvalue weighted by molar-refractivity contribution is 5.67. The molecule has 0 unspecified atom stereocenters. The van der Waals surface area contributed by atoms with Crippen molar-refractivity contribution in [2.75, 3.05) is 13.1 Å². The lowest BCUT2D eigenvalue weighted by Crippen LogP contribution is -2.19. The maximum atomic E-state index is 11.2. The van der Waals surface area contributed by atoms with Crippen molar-refractivity contribution in [2.24, 2.45) is 5.92 Å². The lowest BCUT2D eigenvalue weighted by Gasteiger charge is -2.21. The first kappa shape index (κ1) is 18.4. The molecule has 25 heavy (non-hydrogen) atoms. The first-order chi connectivity index (χ1) is 12.2. The summed E-state index contributed by atoms with van der Waals surface area (Å²) < 4.78 is 5.43. The molecule has 1 aliphatic heterocycles. The highest BCUT2D eigenvalue weighted by atomic mass is 16.5. The molecule has 1 aliphatic carbocycles. The Kier molecular flexibility index (Phi) is 6.84. The Morgan fingerprint density at radius 3 is 2.68 bits per heavy atom. The highest BCUT2D eigenvalue weighted by Crippen LogP contribution is 2.31. The second-order valence-corrected chi connectivity index (χ2v) is 7.76. The summed E-state index contributed by atoms with van der Waals surface area (Å²) in [5.41, 5.74) is 0. The number of carboxylic acids is 1. The third kappa shape index (κ3) is 5.80. The normalized spacial score (nSPS) is 20.8. The molecular formula is C19H31N3O3. The summed E-state index contributed by atoms with van der Waals surface area (Å²) in [5.74, 6) is 1.09. The summed E-state index contributed by atoms with van der Waals surface area (Å²) in [6, 6.07) is 0. The van der Waals surface area contributed by atoms with E-state index in [1.54, 1.807) is 0 Å². The van der Waals surface area contributed by atoms with E-state index in [1.807, 2.05) is 0 Å². The molecule has 6 nitrogen and oxygen atoms in total. The number of carbonyl (C=O) groups is 1. The smallest absolute Gasteiger partial charge is 0.304 e. The van der Waals surface area contributed by atoms with E-state index in [2.05, 4.69) is 15.0 Å². The Morgan fingerprint density at radius 1 is 1.20 bits per heavy atom. The highest BCUT2D eigenvalue weighted by Gasteiger charge is 2.24. The summed E-state index contributed by atoms with van der Waals surface area (Å²) in [6.45, 7) is 2.89. The van der Waals surface area contributed by atoms with Crippen molar-refractivity contribution >= 4 is 5.97 Å². The fourth-order valence-electron chi connectivity index (χ4n) is 4.29. The van der Waals surface area contributed by atoms with Gasteiger partial charge in [-0.2, -0.15) is 4.98 Å². The van der Waals surface area contributed by atoms with Gasteiger partial charge >= 0.3 is 5.97 Å². The summed E-state index contributed by atoms with van der Waals surface area (Å²) in [6.07, 6.45) is 12.4. The molecular weight excluding hydrogens is 318 g/mol. The molecule has 2 aliphatic rings. The van der Waals surface area contributed by atoms with Crippen molar-refractivity contribution < 1.29 is 14.4 Å². The van der Waals surface area contributed by atoms with Crippen LogP contribution in [0.5, 0.6) is 0 Å². The molecule has 0 radical (unpaired) electrons. The van der Waals surface area contributed by atoms with Crippen molar-refractivity contribution in [3.63, 3.8) is 0 Å². The molecule has 6 heteroatoms. The van der Waals surface area contributed by atoms with E-state index < -0.39 is 5.97 Å². The number of likely N-dealkylation sites (tertiary alicyclic amines) is 1. The van der Waals surface area contributed by atoms with E-state index in [9.17, 15) is 9.90 Å². The molecule has 140 valence electrons. The Bertz CT molecular complexity index is 534. The van der Waals surface area contributed by atoms with Gasteiger partial charge < -0.3 is 9.63 Å². The SMILES string of the molecule is O=C(O)C[C@@H](CCCC1CCCCC1)c1nc(CN2CCCC2)no1. The topological polar surface area (TPSA) is 79.5 Å². The third-order valence-electron chi connectivity index (χ3n) is 5.71. The molecule has 0 amide bonds. The zero-order valence-electron chi connectivity index (χ0n) is 15.2. The summed E-state index contributed by atoms with van der Waals surface area (Å²) in [7, 11) is 0. The van der Waals surface area contributed by atoms with Gasteiger partial charge in [-0.15, -0.1) is 0 Å². The van der Waals surface area contributed by atoms with Gasteiger partial charge in [0.1, 0.15) is 0 Å². The molecule has 1 saturated heterocycles. The van der Waals surface area contributed by atoms with Gasteiger partial charge in [0.25, 0.3) is 0 Å². The summed E-state index contributed by atoms with van der Waals surface area (Å²) in [4.78, 5) is 18.1. The van der Waals surface area contributed by atoms with Crippen molar-refractivity contribution in [3.8, 4) is 0 Å². The molecule has 3 rings (SSSR count). The second-order valence-electron chi connectivity index (χ2n) is 7.76. The minimum absolute atomic E-state index is 0.0794. The van der Waals surface area contributed by atoms with Gasteiger partial charge in [0, 0.05) is 5.92 Å². The van der Waals surface area contributed by atoms with Crippen LogP contribution in [0.25, 0.3) is 0 Å². The molecule has 2 fully saturated rings. The molecule has 0 aromatic carbocycles. The van der Waals surface area contributed by atoms with E-state index >= 15 is 0 Å². The number of aromatic nitrogens is 2. The van der Waals surface area contributed by atoms with Crippen LogP contribution in [0.15, 0.2) is 4.52 Å². The first-order valence-electron chi connectivity index (χ1n) is 9.97. The van der Waals surface area contributed by atoms with Crippen LogP contribution in [-0.4, -0.2) is 39.2 Å². The summed E-state index contributed by atoms with van der Waals surface area (Å²) in [5, 5.41) is 13.3. The number of hydrogen-bond acceptors (Lipinski definition) is 5. The monoisotopic (exact) mass is 349 g/mol. The summed E-state index contributed by atoms with van der Waals surface area (Å²) >= 11 is 0. The van der Waals surface area contributed by atoms with Gasteiger partial charge in [-0.1, -0.05) is 50.1 Å². The van der Waals surface area contributed by atoms with Crippen LogP contribution in [0.3, 0.4) is 0 Å². The third-order valence-corrected chi connectivity index (χ3v) is 5.71. The van der Waals surface area contributed by atoms with Gasteiger partial charge in [0.05, 0.1) is 13.0 Å². The van der Waals surface area contributed by atoms with Crippen LogP contribution in [0.2, 0.25) is 0 Å². The van der Waals surface area contributed by atoms with E-state index in [0.717, 1.165) is 31.8 Å². The number of carboxylic acid groups (broad SMARTS) is 1. The quantitative estimate of drug-likeness (QED) is 0.726. The molecule has 1 saturated carbocycles. The number of hydrogen-bond donors (Lipinski definition) is 1. The van der Waals surface area contributed by atoms with Crippen molar-refractivity contribution in [1.29, 1.82) is 0 Å². The van der Waals surface area contributed by atoms with E-state index in [-0.39, 0.29) is 12.3 Å². The Balaban J connectivity index is 1.52. The van der Waals surface area contributed by atoms with Gasteiger partial charge in [0.15, 0.2) is 5.82 Å². The lowest BCUT2D eigenvalue weighted by molar-refractivity contribution is -0.137. The fourth-order valence-corrected chi connectivity index (χ4v) is 4.29. The Labute approximate surface area is 150 Å². The molecule has 0 bridgehead atoms. The van der Waals surface area contributed by atoms with E-state index in [0.29, 0.717) is 18.3 Å². The van der Waals surface area contributed by atoms with Gasteiger partial charge in [-0.25, -0.2) is 0 Å². The van der Waals surface area contributed by atoms with Crippen molar-refractivity contribution in [1.82, 2.24) is 15.0 Å². The van der Waals surface area contributed by atoms with Crippen molar-refractivity contribution in [2.45, 2.75) is 83.1 Å². The van der Waals surface area contributed by atoms with Crippen LogP contribution in [-0.2, 0) is 11.3 Å². The average molecular weight is 349 g/mol. The number of nitrogens with zero attached hydrogens (tertiary/aromatic N) is 3.